The van der Waals surface area contributed by atoms with Gasteiger partial charge in [-0.1, -0.05) is 15.9 Å². The van der Waals surface area contributed by atoms with Crippen LogP contribution in [0.1, 0.15) is 5.56 Å². The van der Waals surface area contributed by atoms with Gasteiger partial charge in [0.05, 0.1) is 18.0 Å². The molecule has 1 aromatic heterocycles. The van der Waals surface area contributed by atoms with Crippen molar-refractivity contribution in [2.45, 2.75) is 0 Å². The Bertz CT molecular complexity index is 483. The summed E-state index contributed by atoms with van der Waals surface area (Å²) in [5.41, 5.74) is 1.55. The lowest BCUT2D eigenvalue weighted by atomic mass is 10.2. The van der Waals surface area contributed by atoms with Crippen molar-refractivity contribution in [1.82, 2.24) is 9.55 Å². The Morgan fingerprint density at radius 2 is 2.21 bits per heavy atom. The van der Waals surface area contributed by atoms with E-state index < -0.39 is 0 Å². The molecular formula is C10H6BrN3. The number of nitriles is 1. The van der Waals surface area contributed by atoms with Crippen molar-refractivity contribution in [3.05, 3.63) is 47.0 Å². The topological polar surface area (TPSA) is 41.6 Å². The highest BCUT2D eigenvalue weighted by Crippen LogP contribution is 2.18. The van der Waals surface area contributed by atoms with Gasteiger partial charge in [0.25, 0.3) is 0 Å². The zero-order valence-corrected chi connectivity index (χ0v) is 8.77. The van der Waals surface area contributed by atoms with Crippen LogP contribution in [0.5, 0.6) is 0 Å². The van der Waals surface area contributed by atoms with Crippen LogP contribution in [-0.4, -0.2) is 9.55 Å². The summed E-state index contributed by atoms with van der Waals surface area (Å²) >= 11 is 3.35. The van der Waals surface area contributed by atoms with E-state index in [-0.39, 0.29) is 0 Å². The van der Waals surface area contributed by atoms with E-state index >= 15 is 0 Å². The van der Waals surface area contributed by atoms with E-state index in [2.05, 4.69) is 27.0 Å². The molecule has 0 aliphatic heterocycles. The molecule has 0 saturated heterocycles. The first-order valence-electron chi connectivity index (χ1n) is 3.98. The predicted octanol–water partition coefficient (Wildman–Crippen LogP) is 2.51. The van der Waals surface area contributed by atoms with Gasteiger partial charge in [-0.05, 0) is 18.2 Å². The Balaban J connectivity index is 2.55. The summed E-state index contributed by atoms with van der Waals surface area (Å²) in [5.74, 6) is 0. The number of aromatic nitrogens is 2. The maximum absolute atomic E-state index is 8.79. The minimum atomic E-state index is 0.628. The van der Waals surface area contributed by atoms with Gasteiger partial charge in [0.15, 0.2) is 0 Å². The van der Waals surface area contributed by atoms with E-state index in [1.54, 1.807) is 18.6 Å². The van der Waals surface area contributed by atoms with Crippen LogP contribution in [0.2, 0.25) is 0 Å². The third kappa shape index (κ3) is 1.68. The van der Waals surface area contributed by atoms with Crippen molar-refractivity contribution in [3.63, 3.8) is 0 Å². The summed E-state index contributed by atoms with van der Waals surface area (Å²) in [6, 6.07) is 7.63. The molecule has 2 rings (SSSR count). The lowest BCUT2D eigenvalue weighted by Gasteiger charge is -2.02. The molecule has 0 bridgehead atoms. The van der Waals surface area contributed by atoms with Crippen molar-refractivity contribution in [2.24, 2.45) is 0 Å². The molecule has 0 fully saturated rings. The number of benzene rings is 1. The molecule has 14 heavy (non-hydrogen) atoms. The van der Waals surface area contributed by atoms with Crippen molar-refractivity contribution in [2.75, 3.05) is 0 Å². The zero-order chi connectivity index (χ0) is 9.97. The average molecular weight is 248 g/mol. The van der Waals surface area contributed by atoms with Crippen LogP contribution in [0.25, 0.3) is 5.69 Å². The number of rotatable bonds is 1. The van der Waals surface area contributed by atoms with Gasteiger partial charge in [0, 0.05) is 22.6 Å². The SMILES string of the molecule is N#Cc1cc(Br)cc(-n2ccnc2)c1. The van der Waals surface area contributed by atoms with Gasteiger partial charge in [-0.3, -0.25) is 0 Å². The van der Waals surface area contributed by atoms with E-state index in [9.17, 15) is 0 Å². The molecule has 0 N–H and O–H groups in total. The summed E-state index contributed by atoms with van der Waals surface area (Å²) in [6.07, 6.45) is 5.23. The van der Waals surface area contributed by atoms with Gasteiger partial charge in [-0.25, -0.2) is 4.98 Å². The van der Waals surface area contributed by atoms with Crippen molar-refractivity contribution in [1.29, 1.82) is 5.26 Å². The summed E-state index contributed by atoms with van der Waals surface area (Å²) in [7, 11) is 0. The Hall–Kier alpha value is -1.60. The quantitative estimate of drug-likeness (QED) is 0.777. The molecule has 1 heterocycles. The van der Waals surface area contributed by atoms with Crippen LogP contribution in [0.4, 0.5) is 0 Å². The second kappa shape index (κ2) is 3.64. The highest BCUT2D eigenvalue weighted by molar-refractivity contribution is 9.10. The van der Waals surface area contributed by atoms with Crippen LogP contribution >= 0.6 is 15.9 Å². The van der Waals surface area contributed by atoms with Crippen molar-refractivity contribution < 1.29 is 0 Å². The van der Waals surface area contributed by atoms with E-state index in [1.807, 2.05) is 22.9 Å². The lowest BCUT2D eigenvalue weighted by Crippen LogP contribution is -1.90. The largest absolute Gasteiger partial charge is 0.306 e. The minimum absolute atomic E-state index is 0.628. The van der Waals surface area contributed by atoms with E-state index in [0.717, 1.165) is 10.2 Å². The smallest absolute Gasteiger partial charge is 0.0992 e. The van der Waals surface area contributed by atoms with Crippen molar-refractivity contribution >= 4 is 15.9 Å². The number of hydrogen-bond donors (Lipinski definition) is 0. The molecular weight excluding hydrogens is 242 g/mol. The minimum Gasteiger partial charge on any atom is -0.306 e. The van der Waals surface area contributed by atoms with E-state index in [4.69, 9.17) is 5.26 Å². The highest BCUT2D eigenvalue weighted by atomic mass is 79.9. The molecule has 0 aliphatic carbocycles. The summed E-state index contributed by atoms with van der Waals surface area (Å²) in [6.45, 7) is 0. The van der Waals surface area contributed by atoms with Crippen molar-refractivity contribution in [3.8, 4) is 11.8 Å². The molecule has 4 heteroatoms. The molecule has 0 spiro atoms. The van der Waals surface area contributed by atoms with Gasteiger partial charge >= 0.3 is 0 Å². The fourth-order valence-electron chi connectivity index (χ4n) is 1.20. The number of halogens is 1. The first-order chi connectivity index (χ1) is 6.79. The Labute approximate surface area is 89.8 Å². The fourth-order valence-corrected chi connectivity index (χ4v) is 1.68. The van der Waals surface area contributed by atoms with Crippen LogP contribution in [0.3, 0.4) is 0 Å². The molecule has 1 aromatic carbocycles. The second-order valence-corrected chi connectivity index (χ2v) is 3.70. The third-order valence-electron chi connectivity index (χ3n) is 1.81. The maximum atomic E-state index is 8.79. The highest BCUT2D eigenvalue weighted by Gasteiger charge is 2.00. The molecule has 68 valence electrons. The normalized spacial score (nSPS) is 9.71. The molecule has 2 aromatic rings. The Kier molecular flexibility index (Phi) is 2.33. The summed E-state index contributed by atoms with van der Waals surface area (Å²) in [4.78, 5) is 3.95. The van der Waals surface area contributed by atoms with E-state index in [0.29, 0.717) is 5.56 Å². The zero-order valence-electron chi connectivity index (χ0n) is 7.18. The fraction of sp³-hybridized carbons (Fsp3) is 0. The Morgan fingerprint density at radius 3 is 2.86 bits per heavy atom. The van der Waals surface area contributed by atoms with Gasteiger partial charge in [0.1, 0.15) is 0 Å². The molecule has 0 amide bonds. The first kappa shape index (κ1) is 8.97. The van der Waals surface area contributed by atoms with Gasteiger partial charge in [0.2, 0.25) is 0 Å². The third-order valence-corrected chi connectivity index (χ3v) is 2.27. The van der Waals surface area contributed by atoms with Crippen LogP contribution in [-0.2, 0) is 0 Å². The molecule has 0 atom stereocenters. The number of hydrogen-bond acceptors (Lipinski definition) is 2. The predicted molar refractivity (Wildman–Crippen MR) is 56.0 cm³/mol. The van der Waals surface area contributed by atoms with E-state index in [1.165, 1.54) is 0 Å². The number of nitrogens with zero attached hydrogens (tertiary/aromatic N) is 3. The number of imidazole rings is 1. The first-order valence-corrected chi connectivity index (χ1v) is 4.78. The molecule has 0 radical (unpaired) electrons. The molecule has 0 saturated carbocycles. The van der Waals surface area contributed by atoms with Crippen LogP contribution in [0, 0.1) is 11.3 Å². The van der Waals surface area contributed by atoms with Crippen LogP contribution < -0.4 is 0 Å². The maximum Gasteiger partial charge on any atom is 0.0992 e. The average Bonchev–Trinajstić information content (AvgIpc) is 2.69. The summed E-state index contributed by atoms with van der Waals surface area (Å²) < 4.78 is 2.74. The lowest BCUT2D eigenvalue weighted by molar-refractivity contribution is 1.05. The molecule has 0 aliphatic rings. The Morgan fingerprint density at radius 1 is 1.36 bits per heavy atom. The van der Waals surface area contributed by atoms with Gasteiger partial charge < -0.3 is 4.57 Å². The molecule has 0 unspecified atom stereocenters. The monoisotopic (exact) mass is 247 g/mol. The summed E-state index contributed by atoms with van der Waals surface area (Å²) in [5, 5.41) is 8.79. The van der Waals surface area contributed by atoms with Gasteiger partial charge in [-0.15, -0.1) is 0 Å². The van der Waals surface area contributed by atoms with Gasteiger partial charge in [-0.2, -0.15) is 5.26 Å². The van der Waals surface area contributed by atoms with Crippen LogP contribution in [0.15, 0.2) is 41.4 Å². The molecule has 3 nitrogen and oxygen atoms in total. The standard InChI is InChI=1S/C10H6BrN3/c11-9-3-8(6-12)4-10(5-9)14-2-1-13-7-14/h1-5,7H. The second-order valence-electron chi connectivity index (χ2n) is 2.78.